The summed E-state index contributed by atoms with van der Waals surface area (Å²) in [5.41, 5.74) is 0.799. The number of hydrogen-bond acceptors (Lipinski definition) is 4. The van der Waals surface area contributed by atoms with E-state index in [1.807, 2.05) is 31.2 Å². The molecule has 0 unspecified atom stereocenters. The summed E-state index contributed by atoms with van der Waals surface area (Å²) in [5.74, 6) is 0.275. The Morgan fingerprint density at radius 1 is 1.35 bits per heavy atom. The molecule has 2 aromatic rings. The third-order valence-corrected chi connectivity index (χ3v) is 2.22. The molecule has 0 radical (unpaired) electrons. The van der Waals surface area contributed by atoms with E-state index >= 15 is 0 Å². The van der Waals surface area contributed by atoms with Gasteiger partial charge in [0.1, 0.15) is 6.33 Å². The second-order valence-corrected chi connectivity index (χ2v) is 3.44. The number of benzene rings is 1. The van der Waals surface area contributed by atoms with Gasteiger partial charge in [0.15, 0.2) is 6.61 Å². The first-order chi connectivity index (χ1) is 8.31. The van der Waals surface area contributed by atoms with E-state index in [2.05, 4.69) is 15.3 Å². The predicted octanol–water partition coefficient (Wildman–Crippen LogP) is 1.14. The van der Waals surface area contributed by atoms with Gasteiger partial charge in [-0.3, -0.25) is 4.79 Å². The quantitative estimate of drug-likeness (QED) is 0.857. The molecule has 1 heterocycles. The van der Waals surface area contributed by atoms with Crippen LogP contribution in [0.25, 0.3) is 10.9 Å². The minimum Gasteiger partial charge on any atom is -0.467 e. The van der Waals surface area contributed by atoms with Crippen LogP contribution in [0.4, 0.5) is 0 Å². The number of fused-ring (bicyclic) bond motifs is 1. The van der Waals surface area contributed by atoms with E-state index in [0.29, 0.717) is 12.4 Å². The summed E-state index contributed by atoms with van der Waals surface area (Å²) in [6, 6.07) is 7.51. The van der Waals surface area contributed by atoms with E-state index in [9.17, 15) is 4.79 Å². The minimum absolute atomic E-state index is 0.0329. The average molecular weight is 231 g/mol. The Labute approximate surface area is 98.8 Å². The van der Waals surface area contributed by atoms with Crippen LogP contribution in [0.5, 0.6) is 5.88 Å². The highest BCUT2D eigenvalue weighted by Gasteiger charge is 2.06. The fraction of sp³-hybridized carbons (Fsp3) is 0.250. The summed E-state index contributed by atoms with van der Waals surface area (Å²) in [7, 11) is 0. The van der Waals surface area contributed by atoms with Gasteiger partial charge in [-0.2, -0.15) is 0 Å². The lowest BCUT2D eigenvalue weighted by atomic mass is 10.2. The van der Waals surface area contributed by atoms with E-state index < -0.39 is 0 Å². The molecule has 0 fully saturated rings. The molecule has 0 spiro atoms. The van der Waals surface area contributed by atoms with Gasteiger partial charge in [0.25, 0.3) is 5.91 Å². The number of carbonyl (C=O) groups excluding carboxylic acids is 1. The number of rotatable bonds is 4. The molecule has 0 atom stereocenters. The lowest BCUT2D eigenvalue weighted by Gasteiger charge is -2.07. The van der Waals surface area contributed by atoms with E-state index in [4.69, 9.17) is 4.74 Å². The molecule has 17 heavy (non-hydrogen) atoms. The van der Waals surface area contributed by atoms with Crippen molar-refractivity contribution in [2.75, 3.05) is 13.2 Å². The molecule has 1 aromatic carbocycles. The molecule has 0 aliphatic heterocycles. The largest absolute Gasteiger partial charge is 0.467 e. The Morgan fingerprint density at radius 2 is 2.18 bits per heavy atom. The molecular formula is C12H13N3O2. The van der Waals surface area contributed by atoms with Gasteiger partial charge in [0.05, 0.1) is 10.9 Å². The summed E-state index contributed by atoms with van der Waals surface area (Å²) in [6.45, 7) is 2.42. The molecule has 88 valence electrons. The maximum absolute atomic E-state index is 11.3. The second-order valence-electron chi connectivity index (χ2n) is 3.44. The van der Waals surface area contributed by atoms with Gasteiger partial charge < -0.3 is 10.1 Å². The van der Waals surface area contributed by atoms with E-state index in [1.165, 1.54) is 6.33 Å². The summed E-state index contributed by atoms with van der Waals surface area (Å²) < 4.78 is 5.37. The molecule has 0 bridgehead atoms. The van der Waals surface area contributed by atoms with E-state index in [0.717, 1.165) is 10.9 Å². The average Bonchev–Trinajstić information content (AvgIpc) is 2.36. The molecule has 1 N–H and O–H groups in total. The van der Waals surface area contributed by atoms with Crippen LogP contribution < -0.4 is 10.1 Å². The lowest BCUT2D eigenvalue weighted by Crippen LogP contribution is -2.28. The fourth-order valence-corrected chi connectivity index (χ4v) is 1.48. The van der Waals surface area contributed by atoms with Crippen molar-refractivity contribution in [1.29, 1.82) is 0 Å². The first-order valence-electron chi connectivity index (χ1n) is 5.40. The number of carbonyl (C=O) groups is 1. The van der Waals surface area contributed by atoms with Crippen LogP contribution in [0.3, 0.4) is 0 Å². The van der Waals surface area contributed by atoms with Crippen molar-refractivity contribution in [2.24, 2.45) is 0 Å². The van der Waals surface area contributed by atoms with Crippen molar-refractivity contribution < 1.29 is 9.53 Å². The zero-order valence-corrected chi connectivity index (χ0v) is 9.51. The van der Waals surface area contributed by atoms with Crippen molar-refractivity contribution in [2.45, 2.75) is 6.92 Å². The second kappa shape index (κ2) is 5.25. The molecule has 1 aromatic heterocycles. The summed E-state index contributed by atoms with van der Waals surface area (Å²) in [5, 5.41) is 3.46. The van der Waals surface area contributed by atoms with Gasteiger partial charge in [-0.15, -0.1) is 0 Å². The molecule has 2 rings (SSSR count). The number of para-hydroxylation sites is 1. The van der Waals surface area contributed by atoms with Gasteiger partial charge >= 0.3 is 0 Å². The minimum atomic E-state index is -0.157. The van der Waals surface area contributed by atoms with Crippen molar-refractivity contribution in [3.05, 3.63) is 30.6 Å². The zero-order valence-electron chi connectivity index (χ0n) is 9.51. The van der Waals surface area contributed by atoms with Crippen molar-refractivity contribution in [1.82, 2.24) is 15.3 Å². The van der Waals surface area contributed by atoms with Crippen LogP contribution in [-0.2, 0) is 4.79 Å². The highest BCUT2D eigenvalue weighted by molar-refractivity contribution is 5.83. The Hall–Kier alpha value is -2.17. The zero-order chi connectivity index (χ0) is 12.1. The molecule has 0 aliphatic rings. The Morgan fingerprint density at radius 3 is 3.00 bits per heavy atom. The SMILES string of the molecule is CCNC(=O)COc1ncnc2ccccc12. The molecule has 5 heteroatoms. The van der Waals surface area contributed by atoms with Gasteiger partial charge in [0.2, 0.25) is 5.88 Å². The van der Waals surface area contributed by atoms with Crippen molar-refractivity contribution in [3.8, 4) is 5.88 Å². The number of ether oxygens (including phenoxy) is 1. The highest BCUT2D eigenvalue weighted by Crippen LogP contribution is 2.20. The number of aromatic nitrogens is 2. The van der Waals surface area contributed by atoms with Crippen LogP contribution >= 0.6 is 0 Å². The van der Waals surface area contributed by atoms with Gasteiger partial charge in [0, 0.05) is 6.54 Å². The van der Waals surface area contributed by atoms with Crippen LogP contribution in [-0.4, -0.2) is 29.0 Å². The third kappa shape index (κ3) is 2.69. The van der Waals surface area contributed by atoms with E-state index in [-0.39, 0.29) is 12.5 Å². The first kappa shape index (κ1) is 11.3. The molecule has 0 saturated carbocycles. The molecule has 0 aliphatic carbocycles. The Balaban J connectivity index is 2.16. The molecule has 1 amide bonds. The monoisotopic (exact) mass is 231 g/mol. The standard InChI is InChI=1S/C12H13N3O2/c1-2-13-11(16)7-17-12-9-5-3-4-6-10(9)14-8-15-12/h3-6,8H,2,7H2,1H3,(H,13,16). The molecular weight excluding hydrogens is 218 g/mol. The van der Waals surface area contributed by atoms with Crippen LogP contribution in [0.2, 0.25) is 0 Å². The summed E-state index contributed by atoms with van der Waals surface area (Å²) in [6.07, 6.45) is 1.43. The van der Waals surface area contributed by atoms with Crippen LogP contribution in [0, 0.1) is 0 Å². The van der Waals surface area contributed by atoms with Gasteiger partial charge in [-0.25, -0.2) is 9.97 Å². The normalized spacial score (nSPS) is 10.2. The summed E-state index contributed by atoms with van der Waals surface area (Å²) in [4.78, 5) is 19.4. The van der Waals surface area contributed by atoms with E-state index in [1.54, 1.807) is 0 Å². The maximum atomic E-state index is 11.3. The molecule has 5 nitrogen and oxygen atoms in total. The Bertz CT molecular complexity index is 523. The maximum Gasteiger partial charge on any atom is 0.257 e. The molecule has 0 saturated heterocycles. The third-order valence-electron chi connectivity index (χ3n) is 2.22. The smallest absolute Gasteiger partial charge is 0.257 e. The number of amides is 1. The fourth-order valence-electron chi connectivity index (χ4n) is 1.48. The van der Waals surface area contributed by atoms with Crippen LogP contribution in [0.15, 0.2) is 30.6 Å². The van der Waals surface area contributed by atoms with Crippen molar-refractivity contribution in [3.63, 3.8) is 0 Å². The highest BCUT2D eigenvalue weighted by atomic mass is 16.5. The van der Waals surface area contributed by atoms with Crippen molar-refractivity contribution >= 4 is 16.8 Å². The van der Waals surface area contributed by atoms with Gasteiger partial charge in [-0.05, 0) is 19.1 Å². The van der Waals surface area contributed by atoms with Gasteiger partial charge in [-0.1, -0.05) is 12.1 Å². The number of nitrogens with zero attached hydrogens (tertiary/aromatic N) is 2. The lowest BCUT2D eigenvalue weighted by molar-refractivity contribution is -0.123. The topological polar surface area (TPSA) is 64.1 Å². The number of hydrogen-bond donors (Lipinski definition) is 1. The number of nitrogens with one attached hydrogen (secondary N) is 1. The number of likely N-dealkylation sites (N-methyl/N-ethyl adjacent to an activating group) is 1. The predicted molar refractivity (Wildman–Crippen MR) is 63.7 cm³/mol. The first-order valence-corrected chi connectivity index (χ1v) is 5.40. The van der Waals surface area contributed by atoms with Crippen LogP contribution in [0.1, 0.15) is 6.92 Å². The summed E-state index contributed by atoms with van der Waals surface area (Å²) >= 11 is 0. The Kier molecular flexibility index (Phi) is 3.49.